The summed E-state index contributed by atoms with van der Waals surface area (Å²) in [6.07, 6.45) is 5.02. The predicted octanol–water partition coefficient (Wildman–Crippen LogP) is 4.67. The van der Waals surface area contributed by atoms with Crippen LogP contribution < -0.4 is 14.2 Å². The summed E-state index contributed by atoms with van der Waals surface area (Å²) in [6.45, 7) is 0. The smallest absolute Gasteiger partial charge is 0.231 e. The molecule has 2 aromatic carbocycles. The average Bonchev–Trinajstić information content (AvgIpc) is 3.25. The van der Waals surface area contributed by atoms with Crippen LogP contribution in [-0.4, -0.2) is 37.1 Å². The van der Waals surface area contributed by atoms with Crippen molar-refractivity contribution in [2.45, 2.75) is 0 Å². The number of carbonyl (C=O) groups is 1. The third kappa shape index (κ3) is 3.98. The van der Waals surface area contributed by atoms with Crippen molar-refractivity contribution in [1.82, 2.24) is 9.97 Å². The number of benzene rings is 2. The maximum atomic E-state index is 13.6. The van der Waals surface area contributed by atoms with Gasteiger partial charge in [0.2, 0.25) is 11.6 Å². The normalized spacial score (nSPS) is 11.4. The van der Waals surface area contributed by atoms with Gasteiger partial charge in [0.05, 0.1) is 26.9 Å². The van der Waals surface area contributed by atoms with E-state index in [0.717, 1.165) is 5.56 Å². The zero-order valence-electron chi connectivity index (χ0n) is 17.3. The fraction of sp³-hybridized carbons (Fsp3) is 0.125. The number of ether oxygens (including phenoxy) is 3. The summed E-state index contributed by atoms with van der Waals surface area (Å²) in [5.74, 6) is 1.06. The lowest BCUT2D eigenvalue weighted by molar-refractivity contribution is 0.105. The molecule has 7 heteroatoms. The molecule has 0 amide bonds. The molecule has 0 aliphatic carbocycles. The van der Waals surface area contributed by atoms with Crippen molar-refractivity contribution in [2.75, 3.05) is 21.3 Å². The summed E-state index contributed by atoms with van der Waals surface area (Å²) in [7, 11) is 4.51. The first kappa shape index (κ1) is 20.2. The first-order chi connectivity index (χ1) is 15.1. The van der Waals surface area contributed by atoms with Crippen LogP contribution in [0.1, 0.15) is 21.8 Å². The molecule has 0 aliphatic rings. The summed E-state index contributed by atoms with van der Waals surface area (Å²) in [5, 5.41) is 0. The lowest BCUT2D eigenvalue weighted by Crippen LogP contribution is -2.05. The number of methoxy groups -OCH3 is 3. The molecule has 0 N–H and O–H groups in total. The number of aromatic nitrogens is 2. The van der Waals surface area contributed by atoms with Gasteiger partial charge in [-0.1, -0.05) is 18.2 Å². The number of oxazole rings is 1. The van der Waals surface area contributed by atoms with Gasteiger partial charge in [-0.2, -0.15) is 0 Å². The van der Waals surface area contributed by atoms with Gasteiger partial charge in [0.15, 0.2) is 22.9 Å². The lowest BCUT2D eigenvalue weighted by Gasteiger charge is -2.14. The Hall–Kier alpha value is -4.13. The minimum absolute atomic E-state index is 0.212. The fourth-order valence-electron chi connectivity index (χ4n) is 3.21. The standard InChI is InChI=1S/C24H20N2O5/c1-28-20-12-16(13-21(29-2)23(20)30-3)22(27)17(11-15-7-6-10-25-14-15)24-26-18-8-4-5-9-19(18)31-24/h4-14H,1-3H3/b17-11-. The molecule has 0 radical (unpaired) electrons. The Kier molecular flexibility index (Phi) is 5.66. The Morgan fingerprint density at radius 2 is 1.71 bits per heavy atom. The van der Waals surface area contributed by atoms with Gasteiger partial charge >= 0.3 is 0 Å². The molecule has 0 unspecified atom stereocenters. The highest BCUT2D eigenvalue weighted by Gasteiger charge is 2.23. The number of hydrogen-bond donors (Lipinski definition) is 0. The Morgan fingerprint density at radius 3 is 2.32 bits per heavy atom. The quantitative estimate of drug-likeness (QED) is 0.320. The number of nitrogens with zero attached hydrogens (tertiary/aromatic N) is 2. The van der Waals surface area contributed by atoms with Gasteiger partial charge in [-0.15, -0.1) is 0 Å². The minimum Gasteiger partial charge on any atom is -0.493 e. The van der Waals surface area contributed by atoms with Crippen molar-refractivity contribution in [3.8, 4) is 17.2 Å². The van der Waals surface area contributed by atoms with E-state index in [-0.39, 0.29) is 17.2 Å². The molecule has 4 aromatic rings. The zero-order valence-corrected chi connectivity index (χ0v) is 17.3. The van der Waals surface area contributed by atoms with Gasteiger partial charge in [0.25, 0.3) is 0 Å². The molecule has 0 aliphatic heterocycles. The van der Waals surface area contributed by atoms with E-state index in [2.05, 4.69) is 9.97 Å². The van der Waals surface area contributed by atoms with Crippen LogP contribution in [0, 0.1) is 0 Å². The van der Waals surface area contributed by atoms with E-state index in [4.69, 9.17) is 18.6 Å². The largest absolute Gasteiger partial charge is 0.493 e. The Morgan fingerprint density at radius 1 is 0.968 bits per heavy atom. The van der Waals surface area contributed by atoms with Crippen molar-refractivity contribution >= 4 is 28.5 Å². The highest BCUT2D eigenvalue weighted by Crippen LogP contribution is 2.39. The van der Waals surface area contributed by atoms with Crippen molar-refractivity contribution in [2.24, 2.45) is 0 Å². The predicted molar refractivity (Wildman–Crippen MR) is 117 cm³/mol. The summed E-state index contributed by atoms with van der Waals surface area (Å²) >= 11 is 0. The summed E-state index contributed by atoms with van der Waals surface area (Å²) in [4.78, 5) is 22.3. The first-order valence-electron chi connectivity index (χ1n) is 9.47. The van der Waals surface area contributed by atoms with Crippen LogP contribution in [0.4, 0.5) is 0 Å². The second kappa shape index (κ2) is 8.71. The Balaban J connectivity index is 1.88. The summed E-state index contributed by atoms with van der Waals surface area (Å²) in [6, 6.07) is 14.2. The zero-order chi connectivity index (χ0) is 21.8. The van der Waals surface area contributed by atoms with E-state index in [1.807, 2.05) is 24.3 Å². The third-order valence-electron chi connectivity index (χ3n) is 4.69. The molecule has 2 heterocycles. The van der Waals surface area contributed by atoms with Gasteiger partial charge in [0.1, 0.15) is 5.52 Å². The third-order valence-corrected chi connectivity index (χ3v) is 4.69. The molecule has 7 nitrogen and oxygen atoms in total. The fourth-order valence-corrected chi connectivity index (χ4v) is 3.21. The van der Waals surface area contributed by atoms with Crippen LogP contribution in [0.25, 0.3) is 22.7 Å². The summed E-state index contributed by atoms with van der Waals surface area (Å²) < 4.78 is 22.0. The Labute approximate surface area is 178 Å². The van der Waals surface area contributed by atoms with E-state index < -0.39 is 0 Å². The highest BCUT2D eigenvalue weighted by molar-refractivity contribution is 6.31. The number of rotatable bonds is 7. The number of Topliss-reactive ketones (excluding diaryl/α,β-unsaturated/α-hetero) is 1. The second-order valence-corrected chi connectivity index (χ2v) is 6.57. The van der Waals surface area contributed by atoms with Crippen LogP contribution >= 0.6 is 0 Å². The SMILES string of the molecule is COc1cc(C(=O)/C(=C/c2cccnc2)c2nc3ccccc3o2)cc(OC)c1OC. The number of pyridine rings is 1. The summed E-state index contributed by atoms with van der Waals surface area (Å²) in [5.41, 5.74) is 2.60. The molecule has 0 fully saturated rings. The minimum atomic E-state index is -0.310. The molecular weight excluding hydrogens is 396 g/mol. The van der Waals surface area contributed by atoms with E-state index in [9.17, 15) is 4.79 Å². The van der Waals surface area contributed by atoms with Gasteiger partial charge < -0.3 is 18.6 Å². The van der Waals surface area contributed by atoms with Crippen LogP contribution in [-0.2, 0) is 0 Å². The number of hydrogen-bond acceptors (Lipinski definition) is 7. The molecule has 31 heavy (non-hydrogen) atoms. The van der Waals surface area contributed by atoms with Gasteiger partial charge in [-0.25, -0.2) is 4.98 Å². The lowest BCUT2D eigenvalue weighted by atomic mass is 10.00. The first-order valence-corrected chi connectivity index (χ1v) is 9.47. The van der Waals surface area contributed by atoms with E-state index in [1.54, 1.807) is 42.7 Å². The van der Waals surface area contributed by atoms with Gasteiger partial charge in [-0.05, 0) is 42.0 Å². The van der Waals surface area contributed by atoms with Crippen LogP contribution in [0.5, 0.6) is 17.2 Å². The van der Waals surface area contributed by atoms with E-state index in [0.29, 0.717) is 33.9 Å². The number of para-hydroxylation sites is 2. The number of carbonyl (C=O) groups excluding carboxylic acids is 1. The van der Waals surface area contributed by atoms with Gasteiger partial charge in [0, 0.05) is 18.0 Å². The number of ketones is 1. The molecule has 156 valence electrons. The van der Waals surface area contributed by atoms with Crippen LogP contribution in [0.15, 0.2) is 65.3 Å². The highest BCUT2D eigenvalue weighted by atomic mass is 16.5. The molecule has 4 rings (SSSR count). The topological polar surface area (TPSA) is 83.7 Å². The van der Waals surface area contributed by atoms with Crippen LogP contribution in [0.2, 0.25) is 0 Å². The van der Waals surface area contributed by atoms with E-state index in [1.165, 1.54) is 21.3 Å². The van der Waals surface area contributed by atoms with Crippen molar-refractivity contribution in [3.05, 3.63) is 77.9 Å². The molecule has 2 aromatic heterocycles. The molecular formula is C24H20N2O5. The molecule has 0 atom stereocenters. The second-order valence-electron chi connectivity index (χ2n) is 6.57. The van der Waals surface area contributed by atoms with Crippen molar-refractivity contribution in [3.63, 3.8) is 0 Å². The van der Waals surface area contributed by atoms with E-state index >= 15 is 0 Å². The average molecular weight is 416 g/mol. The number of fused-ring (bicyclic) bond motifs is 1. The maximum absolute atomic E-state index is 13.6. The maximum Gasteiger partial charge on any atom is 0.231 e. The van der Waals surface area contributed by atoms with Crippen molar-refractivity contribution < 1.29 is 23.4 Å². The molecule has 0 spiro atoms. The monoisotopic (exact) mass is 416 g/mol. The van der Waals surface area contributed by atoms with Crippen LogP contribution in [0.3, 0.4) is 0 Å². The molecule has 0 saturated heterocycles. The number of allylic oxidation sites excluding steroid dienone is 1. The van der Waals surface area contributed by atoms with Crippen molar-refractivity contribution in [1.29, 1.82) is 0 Å². The van der Waals surface area contributed by atoms with Gasteiger partial charge in [-0.3, -0.25) is 9.78 Å². The molecule has 0 saturated carbocycles. The Bertz CT molecular complexity index is 1200. The molecule has 0 bridgehead atoms.